The Balaban J connectivity index is 1.86. The number of carbonyl (C=O) groups is 1. The summed E-state index contributed by atoms with van der Waals surface area (Å²) < 4.78 is 2.12. The SMILES string of the molecule is Cc1ccc(Cn2c(CSc3c(C)cc(C)cc3C)c(C(N)=O)c3c(O)cccc32)cc1. The number of fused-ring (bicyclic) bond motifs is 1. The third-order valence-electron chi connectivity index (χ3n) is 5.84. The lowest BCUT2D eigenvalue weighted by Gasteiger charge is -2.15. The topological polar surface area (TPSA) is 68.2 Å². The molecule has 4 rings (SSSR count). The molecular formula is C27H28N2O2S. The Morgan fingerprint density at radius 2 is 1.62 bits per heavy atom. The molecule has 0 spiro atoms. The van der Waals surface area contributed by atoms with Gasteiger partial charge in [0.1, 0.15) is 5.75 Å². The van der Waals surface area contributed by atoms with Gasteiger partial charge in [-0.05, 0) is 56.5 Å². The van der Waals surface area contributed by atoms with Crippen molar-refractivity contribution >= 4 is 28.6 Å². The summed E-state index contributed by atoms with van der Waals surface area (Å²) in [6.45, 7) is 8.99. The first-order chi connectivity index (χ1) is 15.3. The molecule has 4 nitrogen and oxygen atoms in total. The van der Waals surface area contributed by atoms with Gasteiger partial charge >= 0.3 is 0 Å². The first-order valence-corrected chi connectivity index (χ1v) is 11.6. The maximum Gasteiger partial charge on any atom is 0.251 e. The van der Waals surface area contributed by atoms with E-state index in [1.54, 1.807) is 23.9 Å². The first-order valence-electron chi connectivity index (χ1n) is 10.6. The van der Waals surface area contributed by atoms with Crippen molar-refractivity contribution in [3.8, 4) is 5.75 Å². The molecular weight excluding hydrogens is 416 g/mol. The third kappa shape index (κ3) is 4.13. The first kappa shape index (κ1) is 22.0. The molecule has 0 fully saturated rings. The van der Waals surface area contributed by atoms with E-state index in [0.717, 1.165) is 16.8 Å². The van der Waals surface area contributed by atoms with E-state index in [2.05, 4.69) is 68.7 Å². The average molecular weight is 445 g/mol. The number of aromatic hydroxyl groups is 1. The molecule has 5 heteroatoms. The standard InChI is InChI=1S/C27H28N2O2S/c1-16-8-10-20(11-9-16)14-29-21-6-5-7-23(30)24(21)25(27(28)31)22(29)15-32-26-18(3)12-17(2)13-19(26)4/h5-13,30H,14-15H2,1-4H3,(H2,28,31). The van der Waals surface area contributed by atoms with Gasteiger partial charge in [-0.15, -0.1) is 11.8 Å². The van der Waals surface area contributed by atoms with Crippen LogP contribution in [0, 0.1) is 27.7 Å². The molecule has 0 unspecified atom stereocenters. The maximum absolute atomic E-state index is 12.6. The van der Waals surface area contributed by atoms with Gasteiger partial charge in [-0.3, -0.25) is 4.79 Å². The monoisotopic (exact) mass is 444 g/mol. The van der Waals surface area contributed by atoms with Crippen molar-refractivity contribution in [1.82, 2.24) is 4.57 Å². The van der Waals surface area contributed by atoms with Crippen molar-refractivity contribution in [2.24, 2.45) is 5.73 Å². The molecule has 0 atom stereocenters. The van der Waals surface area contributed by atoms with E-state index in [0.29, 0.717) is 23.2 Å². The summed E-state index contributed by atoms with van der Waals surface area (Å²) in [5.74, 6) is 0.128. The van der Waals surface area contributed by atoms with Crippen molar-refractivity contribution in [1.29, 1.82) is 0 Å². The fourth-order valence-corrected chi connectivity index (χ4v) is 5.60. The van der Waals surface area contributed by atoms with Gasteiger partial charge in [0.05, 0.1) is 16.5 Å². The van der Waals surface area contributed by atoms with Crippen LogP contribution in [0.1, 0.15) is 43.9 Å². The van der Waals surface area contributed by atoms with Gasteiger partial charge in [-0.25, -0.2) is 0 Å². The number of primary amides is 1. The van der Waals surface area contributed by atoms with Crippen LogP contribution in [0.2, 0.25) is 0 Å². The quantitative estimate of drug-likeness (QED) is 0.357. The predicted molar refractivity (Wildman–Crippen MR) is 133 cm³/mol. The second-order valence-corrected chi connectivity index (χ2v) is 9.43. The van der Waals surface area contributed by atoms with Gasteiger partial charge in [-0.2, -0.15) is 0 Å². The Labute approximate surface area is 193 Å². The van der Waals surface area contributed by atoms with Gasteiger partial charge in [0, 0.05) is 22.9 Å². The number of nitrogens with two attached hydrogens (primary N) is 1. The van der Waals surface area contributed by atoms with Gasteiger partial charge < -0.3 is 15.4 Å². The smallest absolute Gasteiger partial charge is 0.251 e. The van der Waals surface area contributed by atoms with Crippen LogP contribution in [-0.2, 0) is 12.3 Å². The van der Waals surface area contributed by atoms with E-state index in [4.69, 9.17) is 5.73 Å². The number of amides is 1. The molecule has 0 radical (unpaired) electrons. The van der Waals surface area contributed by atoms with E-state index in [9.17, 15) is 9.90 Å². The molecule has 0 saturated carbocycles. The molecule has 0 aliphatic rings. The van der Waals surface area contributed by atoms with Gasteiger partial charge in [-0.1, -0.05) is 53.6 Å². The highest BCUT2D eigenvalue weighted by Gasteiger charge is 2.24. The van der Waals surface area contributed by atoms with E-state index >= 15 is 0 Å². The zero-order valence-electron chi connectivity index (χ0n) is 18.9. The van der Waals surface area contributed by atoms with Crippen molar-refractivity contribution in [3.05, 3.63) is 93.7 Å². The molecule has 32 heavy (non-hydrogen) atoms. The summed E-state index contributed by atoms with van der Waals surface area (Å²) in [5, 5.41) is 11.1. The highest BCUT2D eigenvalue weighted by Crippen LogP contribution is 2.38. The van der Waals surface area contributed by atoms with Crippen molar-refractivity contribution < 1.29 is 9.90 Å². The Morgan fingerprint density at radius 1 is 0.969 bits per heavy atom. The minimum absolute atomic E-state index is 0.0768. The fourth-order valence-electron chi connectivity index (χ4n) is 4.44. The lowest BCUT2D eigenvalue weighted by molar-refractivity contribution is 0.100. The maximum atomic E-state index is 12.6. The number of hydrogen-bond donors (Lipinski definition) is 2. The van der Waals surface area contributed by atoms with Gasteiger partial charge in [0.2, 0.25) is 0 Å². The zero-order valence-corrected chi connectivity index (χ0v) is 19.7. The van der Waals surface area contributed by atoms with Crippen LogP contribution in [-0.4, -0.2) is 15.6 Å². The molecule has 1 amide bonds. The average Bonchev–Trinajstić information content (AvgIpc) is 3.04. The second kappa shape index (κ2) is 8.75. The number of aryl methyl sites for hydroxylation is 4. The lowest BCUT2D eigenvalue weighted by Crippen LogP contribution is -2.14. The van der Waals surface area contributed by atoms with Crippen LogP contribution >= 0.6 is 11.8 Å². The largest absolute Gasteiger partial charge is 0.507 e. The summed E-state index contributed by atoms with van der Waals surface area (Å²) in [7, 11) is 0. The lowest BCUT2D eigenvalue weighted by atomic mass is 10.1. The molecule has 1 heterocycles. The number of rotatable bonds is 6. The van der Waals surface area contributed by atoms with Crippen LogP contribution in [0.5, 0.6) is 5.75 Å². The number of carbonyl (C=O) groups excluding carboxylic acids is 1. The molecule has 0 bridgehead atoms. The minimum Gasteiger partial charge on any atom is -0.507 e. The Morgan fingerprint density at radius 3 is 2.25 bits per heavy atom. The number of nitrogens with zero attached hydrogens (tertiary/aromatic N) is 1. The van der Waals surface area contributed by atoms with Crippen LogP contribution in [0.4, 0.5) is 0 Å². The van der Waals surface area contributed by atoms with E-state index in [-0.39, 0.29) is 5.75 Å². The highest BCUT2D eigenvalue weighted by molar-refractivity contribution is 7.98. The fraction of sp³-hybridized carbons (Fsp3) is 0.222. The van der Waals surface area contributed by atoms with Crippen LogP contribution < -0.4 is 5.73 Å². The molecule has 3 aromatic carbocycles. The van der Waals surface area contributed by atoms with Crippen LogP contribution in [0.25, 0.3) is 10.9 Å². The predicted octanol–water partition coefficient (Wildman–Crippen LogP) is 6.02. The summed E-state index contributed by atoms with van der Waals surface area (Å²) in [4.78, 5) is 13.8. The molecule has 1 aromatic heterocycles. The van der Waals surface area contributed by atoms with E-state index in [1.165, 1.54) is 27.1 Å². The van der Waals surface area contributed by atoms with Gasteiger partial charge in [0.15, 0.2) is 0 Å². The number of benzene rings is 3. The Kier molecular flexibility index (Phi) is 6.02. The highest BCUT2D eigenvalue weighted by atomic mass is 32.2. The summed E-state index contributed by atoms with van der Waals surface area (Å²) in [6.07, 6.45) is 0. The van der Waals surface area contributed by atoms with E-state index in [1.807, 2.05) is 6.07 Å². The van der Waals surface area contributed by atoms with Crippen molar-refractivity contribution in [2.75, 3.05) is 0 Å². The number of phenolic OH excluding ortho intramolecular Hbond substituents is 1. The van der Waals surface area contributed by atoms with Crippen molar-refractivity contribution in [2.45, 2.75) is 44.9 Å². The second-order valence-electron chi connectivity index (χ2n) is 8.45. The molecule has 0 saturated heterocycles. The van der Waals surface area contributed by atoms with Gasteiger partial charge in [0.25, 0.3) is 5.91 Å². The van der Waals surface area contributed by atoms with Crippen LogP contribution in [0.15, 0.2) is 59.5 Å². The molecule has 0 aliphatic carbocycles. The molecule has 3 N–H and O–H groups in total. The molecule has 4 aromatic rings. The Bertz CT molecular complexity index is 1300. The summed E-state index contributed by atoms with van der Waals surface area (Å²) in [5.41, 5.74) is 13.9. The minimum atomic E-state index is -0.521. The number of phenols is 1. The number of hydrogen-bond acceptors (Lipinski definition) is 3. The Hall–Kier alpha value is -3.18. The summed E-state index contributed by atoms with van der Waals surface area (Å²) >= 11 is 1.71. The molecule has 164 valence electrons. The normalized spacial score (nSPS) is 11.2. The summed E-state index contributed by atoms with van der Waals surface area (Å²) in [6, 6.07) is 18.1. The number of aromatic nitrogens is 1. The third-order valence-corrected chi connectivity index (χ3v) is 7.19. The van der Waals surface area contributed by atoms with Crippen LogP contribution in [0.3, 0.4) is 0 Å². The zero-order chi connectivity index (χ0) is 23.0. The van der Waals surface area contributed by atoms with E-state index < -0.39 is 5.91 Å². The number of thioether (sulfide) groups is 1. The molecule has 0 aliphatic heterocycles. The van der Waals surface area contributed by atoms with Crippen molar-refractivity contribution in [3.63, 3.8) is 0 Å².